The van der Waals surface area contributed by atoms with Crippen LogP contribution in [-0.4, -0.2) is 11.2 Å². The molecule has 0 fully saturated rings. The number of aliphatic hydroxyl groups excluding tert-OH is 1. The third kappa shape index (κ3) is 2.96. The van der Waals surface area contributed by atoms with E-state index in [2.05, 4.69) is 0 Å². The second-order valence-corrected chi connectivity index (χ2v) is 4.56. The molecule has 0 aliphatic carbocycles. The molecule has 0 aliphatic heterocycles. The van der Waals surface area contributed by atoms with Crippen molar-refractivity contribution in [1.29, 1.82) is 0 Å². The van der Waals surface area contributed by atoms with E-state index in [-0.39, 0.29) is 11.7 Å². The fourth-order valence-electron chi connectivity index (χ4n) is 2.04. The number of aliphatic hydroxyl groups is 1. The van der Waals surface area contributed by atoms with E-state index in [0.717, 1.165) is 5.56 Å². The van der Waals surface area contributed by atoms with E-state index in [1.807, 2.05) is 37.3 Å². The molecule has 0 aliphatic rings. The maximum absolute atomic E-state index is 13.5. The minimum Gasteiger partial charge on any atom is -0.392 e. The molecular weight excluding hydrogens is 227 g/mol. The van der Waals surface area contributed by atoms with Gasteiger partial charge < -0.3 is 5.11 Å². The largest absolute Gasteiger partial charge is 0.392 e. The summed E-state index contributed by atoms with van der Waals surface area (Å²) in [6.45, 7) is 1.96. The highest BCUT2D eigenvalue weighted by atomic mass is 19.1. The van der Waals surface area contributed by atoms with Gasteiger partial charge in [0.1, 0.15) is 5.82 Å². The Hall–Kier alpha value is -1.67. The van der Waals surface area contributed by atoms with Crippen LogP contribution in [0.25, 0.3) is 0 Å². The van der Waals surface area contributed by atoms with Crippen LogP contribution >= 0.6 is 0 Å². The Morgan fingerprint density at radius 2 is 1.61 bits per heavy atom. The van der Waals surface area contributed by atoms with Gasteiger partial charge in [-0.15, -0.1) is 0 Å². The number of hydrogen-bond donors (Lipinski definition) is 1. The van der Waals surface area contributed by atoms with E-state index in [9.17, 15) is 9.50 Å². The van der Waals surface area contributed by atoms with Crippen molar-refractivity contribution < 1.29 is 9.50 Å². The molecule has 2 unspecified atom stereocenters. The zero-order chi connectivity index (χ0) is 13.0. The van der Waals surface area contributed by atoms with Gasteiger partial charge in [-0.1, -0.05) is 55.5 Å². The summed E-state index contributed by atoms with van der Waals surface area (Å²) in [5.74, 6) is -0.261. The lowest BCUT2D eigenvalue weighted by Crippen LogP contribution is -2.19. The Morgan fingerprint density at radius 1 is 1.00 bits per heavy atom. The Labute approximate surface area is 107 Å². The van der Waals surface area contributed by atoms with Crippen LogP contribution in [-0.2, 0) is 6.42 Å². The third-order valence-corrected chi connectivity index (χ3v) is 3.29. The van der Waals surface area contributed by atoms with Crippen LogP contribution < -0.4 is 0 Å². The Morgan fingerprint density at radius 3 is 2.28 bits per heavy atom. The summed E-state index contributed by atoms with van der Waals surface area (Å²) < 4.78 is 13.5. The van der Waals surface area contributed by atoms with Crippen LogP contribution in [0.2, 0.25) is 0 Å². The van der Waals surface area contributed by atoms with E-state index in [0.29, 0.717) is 12.0 Å². The van der Waals surface area contributed by atoms with Gasteiger partial charge in [0.15, 0.2) is 0 Å². The lowest BCUT2D eigenvalue weighted by atomic mass is 9.91. The van der Waals surface area contributed by atoms with Crippen LogP contribution in [0.15, 0.2) is 54.6 Å². The Kier molecular flexibility index (Phi) is 4.11. The van der Waals surface area contributed by atoms with E-state index >= 15 is 0 Å². The van der Waals surface area contributed by atoms with Gasteiger partial charge in [-0.25, -0.2) is 4.39 Å². The highest BCUT2D eigenvalue weighted by Crippen LogP contribution is 2.22. The minimum atomic E-state index is -0.579. The molecular formula is C16H17FO. The van der Waals surface area contributed by atoms with Gasteiger partial charge in [0, 0.05) is 12.3 Å². The van der Waals surface area contributed by atoms with Crippen LogP contribution in [0.1, 0.15) is 24.0 Å². The zero-order valence-corrected chi connectivity index (χ0v) is 10.4. The molecule has 0 radical (unpaired) electrons. The first-order chi connectivity index (χ1) is 8.68. The average molecular weight is 244 g/mol. The smallest absolute Gasteiger partial charge is 0.126 e. The predicted octanol–water partition coefficient (Wildman–Crippen LogP) is 3.53. The predicted molar refractivity (Wildman–Crippen MR) is 71.0 cm³/mol. The van der Waals surface area contributed by atoms with Crippen molar-refractivity contribution >= 4 is 0 Å². The van der Waals surface area contributed by atoms with E-state index in [1.54, 1.807) is 18.2 Å². The molecule has 0 amide bonds. The van der Waals surface area contributed by atoms with E-state index in [4.69, 9.17) is 0 Å². The van der Waals surface area contributed by atoms with Gasteiger partial charge >= 0.3 is 0 Å². The molecule has 0 saturated heterocycles. The number of hydrogen-bond acceptors (Lipinski definition) is 1. The van der Waals surface area contributed by atoms with Gasteiger partial charge in [0.05, 0.1) is 6.10 Å². The fraction of sp³-hybridized carbons (Fsp3) is 0.250. The van der Waals surface area contributed by atoms with E-state index in [1.165, 1.54) is 6.07 Å². The quantitative estimate of drug-likeness (QED) is 0.872. The summed E-state index contributed by atoms with van der Waals surface area (Å²) >= 11 is 0. The van der Waals surface area contributed by atoms with Crippen LogP contribution in [0.4, 0.5) is 4.39 Å². The molecule has 2 aromatic carbocycles. The molecule has 0 saturated carbocycles. The maximum Gasteiger partial charge on any atom is 0.126 e. The summed E-state index contributed by atoms with van der Waals surface area (Å²) in [6, 6.07) is 16.4. The summed E-state index contributed by atoms with van der Waals surface area (Å²) in [6.07, 6.45) is -0.243. The first-order valence-corrected chi connectivity index (χ1v) is 6.15. The average Bonchev–Trinajstić information content (AvgIpc) is 2.41. The molecule has 0 aromatic heterocycles. The number of halogens is 1. The highest BCUT2D eigenvalue weighted by molar-refractivity contribution is 5.23. The van der Waals surface area contributed by atoms with Gasteiger partial charge in [-0.2, -0.15) is 0 Å². The molecule has 2 heteroatoms. The second kappa shape index (κ2) is 5.78. The maximum atomic E-state index is 13.5. The van der Waals surface area contributed by atoms with Crippen molar-refractivity contribution in [3.05, 3.63) is 71.5 Å². The SMILES string of the molecule is CC(c1ccccc1)C(O)Cc1ccccc1F. The van der Waals surface area contributed by atoms with Crippen molar-refractivity contribution in [3.63, 3.8) is 0 Å². The zero-order valence-electron chi connectivity index (χ0n) is 10.4. The lowest BCUT2D eigenvalue weighted by Gasteiger charge is -2.19. The topological polar surface area (TPSA) is 20.2 Å². The van der Waals surface area contributed by atoms with Crippen LogP contribution in [0, 0.1) is 5.82 Å². The van der Waals surface area contributed by atoms with Crippen molar-refractivity contribution in [2.75, 3.05) is 0 Å². The van der Waals surface area contributed by atoms with E-state index < -0.39 is 6.10 Å². The first kappa shape index (κ1) is 12.8. The molecule has 1 nitrogen and oxygen atoms in total. The molecule has 2 atom stereocenters. The van der Waals surface area contributed by atoms with Crippen molar-refractivity contribution in [2.24, 2.45) is 0 Å². The van der Waals surface area contributed by atoms with Gasteiger partial charge in [-0.05, 0) is 17.2 Å². The molecule has 0 bridgehead atoms. The lowest BCUT2D eigenvalue weighted by molar-refractivity contribution is 0.148. The fourth-order valence-corrected chi connectivity index (χ4v) is 2.04. The first-order valence-electron chi connectivity index (χ1n) is 6.15. The van der Waals surface area contributed by atoms with Crippen LogP contribution in [0.5, 0.6) is 0 Å². The third-order valence-electron chi connectivity index (χ3n) is 3.29. The van der Waals surface area contributed by atoms with Crippen molar-refractivity contribution in [2.45, 2.75) is 25.4 Å². The highest BCUT2D eigenvalue weighted by Gasteiger charge is 2.17. The molecule has 18 heavy (non-hydrogen) atoms. The molecule has 94 valence electrons. The molecule has 0 heterocycles. The van der Waals surface area contributed by atoms with Gasteiger partial charge in [-0.3, -0.25) is 0 Å². The second-order valence-electron chi connectivity index (χ2n) is 4.56. The Bertz CT molecular complexity index is 495. The minimum absolute atomic E-state index is 0.00851. The summed E-state index contributed by atoms with van der Waals surface area (Å²) in [7, 11) is 0. The van der Waals surface area contributed by atoms with Crippen molar-refractivity contribution in [3.8, 4) is 0 Å². The number of benzene rings is 2. The molecule has 0 spiro atoms. The van der Waals surface area contributed by atoms with Gasteiger partial charge in [0.25, 0.3) is 0 Å². The van der Waals surface area contributed by atoms with Crippen molar-refractivity contribution in [1.82, 2.24) is 0 Å². The molecule has 2 aromatic rings. The van der Waals surface area contributed by atoms with Crippen LogP contribution in [0.3, 0.4) is 0 Å². The standard InChI is InChI=1S/C16H17FO/c1-12(13-7-3-2-4-8-13)16(18)11-14-9-5-6-10-15(14)17/h2-10,12,16,18H,11H2,1H3. The summed E-state index contributed by atoms with van der Waals surface area (Å²) in [5, 5.41) is 10.2. The normalized spacial score (nSPS) is 14.2. The summed E-state index contributed by atoms with van der Waals surface area (Å²) in [5.41, 5.74) is 1.63. The monoisotopic (exact) mass is 244 g/mol. The van der Waals surface area contributed by atoms with Gasteiger partial charge in [0.2, 0.25) is 0 Å². The summed E-state index contributed by atoms with van der Waals surface area (Å²) in [4.78, 5) is 0. The molecule has 1 N–H and O–H groups in total. The number of rotatable bonds is 4. The Balaban J connectivity index is 2.09. The molecule has 2 rings (SSSR count).